The Bertz CT molecular complexity index is 380. The highest BCUT2D eigenvalue weighted by atomic mass is 16.2. The van der Waals surface area contributed by atoms with Gasteiger partial charge in [-0.3, -0.25) is 19.3 Å². The maximum absolute atomic E-state index is 11.9. The van der Waals surface area contributed by atoms with E-state index in [4.69, 9.17) is 0 Å². The van der Waals surface area contributed by atoms with Gasteiger partial charge in [0, 0.05) is 38.4 Å². The minimum Gasteiger partial charge on any atom is -0.342 e. The zero-order valence-electron chi connectivity index (χ0n) is 11.0. The van der Waals surface area contributed by atoms with Gasteiger partial charge in [0.05, 0.1) is 0 Å². The fourth-order valence-electron chi connectivity index (χ4n) is 2.61. The molecule has 2 heterocycles. The molecule has 0 spiro atoms. The lowest BCUT2D eigenvalue weighted by Gasteiger charge is -2.18. The van der Waals surface area contributed by atoms with Crippen molar-refractivity contribution in [2.45, 2.75) is 33.1 Å². The van der Waals surface area contributed by atoms with Crippen LogP contribution in [0.25, 0.3) is 0 Å². The van der Waals surface area contributed by atoms with E-state index in [-0.39, 0.29) is 43.0 Å². The second-order valence-electron chi connectivity index (χ2n) is 5.47. The normalized spacial score (nSPS) is 28.3. The molecular weight excluding hydrogens is 232 g/mol. The van der Waals surface area contributed by atoms with E-state index in [1.54, 1.807) is 6.92 Å². The molecule has 5 heteroatoms. The van der Waals surface area contributed by atoms with E-state index in [2.05, 4.69) is 6.92 Å². The van der Waals surface area contributed by atoms with E-state index in [1.165, 1.54) is 4.90 Å². The molecule has 2 rings (SSSR count). The average Bonchev–Trinajstić information content (AvgIpc) is 2.83. The molecule has 0 bridgehead atoms. The van der Waals surface area contributed by atoms with E-state index >= 15 is 0 Å². The third kappa shape index (κ3) is 2.54. The van der Waals surface area contributed by atoms with Crippen molar-refractivity contribution in [2.24, 2.45) is 11.8 Å². The van der Waals surface area contributed by atoms with E-state index < -0.39 is 0 Å². The summed E-state index contributed by atoms with van der Waals surface area (Å²) in [6, 6.07) is 0. The van der Waals surface area contributed by atoms with Crippen LogP contribution in [0.5, 0.6) is 0 Å². The largest absolute Gasteiger partial charge is 0.342 e. The van der Waals surface area contributed by atoms with Gasteiger partial charge in [0.25, 0.3) is 0 Å². The van der Waals surface area contributed by atoms with Gasteiger partial charge in [-0.15, -0.1) is 0 Å². The maximum atomic E-state index is 11.9. The predicted octanol–water partition coefficient (Wildman–Crippen LogP) is 0.640. The van der Waals surface area contributed by atoms with Crippen LogP contribution in [0, 0.1) is 11.8 Å². The molecule has 2 fully saturated rings. The highest BCUT2D eigenvalue weighted by molar-refractivity contribution is 6.03. The van der Waals surface area contributed by atoms with Gasteiger partial charge in [0.2, 0.25) is 17.7 Å². The van der Waals surface area contributed by atoms with Crippen LogP contribution < -0.4 is 0 Å². The molecule has 0 aliphatic carbocycles. The van der Waals surface area contributed by atoms with Gasteiger partial charge in [-0.05, 0) is 12.3 Å². The van der Waals surface area contributed by atoms with Crippen molar-refractivity contribution in [3.05, 3.63) is 0 Å². The number of amides is 3. The van der Waals surface area contributed by atoms with Crippen LogP contribution in [-0.2, 0) is 14.4 Å². The monoisotopic (exact) mass is 252 g/mol. The van der Waals surface area contributed by atoms with Crippen LogP contribution in [-0.4, -0.2) is 47.2 Å². The fourth-order valence-corrected chi connectivity index (χ4v) is 2.61. The summed E-state index contributed by atoms with van der Waals surface area (Å²) in [4.78, 5) is 38.2. The number of hydrogen-bond donors (Lipinski definition) is 0. The van der Waals surface area contributed by atoms with E-state index in [0.29, 0.717) is 5.92 Å². The summed E-state index contributed by atoms with van der Waals surface area (Å²) in [5, 5.41) is 0. The predicted molar refractivity (Wildman–Crippen MR) is 65.5 cm³/mol. The lowest BCUT2D eigenvalue weighted by Crippen LogP contribution is -2.36. The molecule has 0 saturated carbocycles. The van der Waals surface area contributed by atoms with Gasteiger partial charge < -0.3 is 4.90 Å². The lowest BCUT2D eigenvalue weighted by molar-refractivity contribution is -0.140. The topological polar surface area (TPSA) is 57.7 Å². The lowest BCUT2D eigenvalue weighted by atomic mass is 10.1. The molecule has 2 aliphatic heterocycles. The Morgan fingerprint density at radius 2 is 2.06 bits per heavy atom. The minimum absolute atomic E-state index is 0.0551. The van der Waals surface area contributed by atoms with Crippen LogP contribution in [0.4, 0.5) is 0 Å². The Hall–Kier alpha value is -1.39. The smallest absolute Gasteiger partial charge is 0.232 e. The third-order valence-electron chi connectivity index (χ3n) is 3.80. The van der Waals surface area contributed by atoms with Crippen LogP contribution in [0.1, 0.15) is 33.1 Å². The fraction of sp³-hybridized carbons (Fsp3) is 0.769. The Morgan fingerprint density at radius 1 is 1.33 bits per heavy atom. The summed E-state index contributed by atoms with van der Waals surface area (Å²) in [7, 11) is 0. The number of nitrogens with zero attached hydrogens (tertiary/aromatic N) is 2. The molecule has 0 N–H and O–H groups in total. The summed E-state index contributed by atoms with van der Waals surface area (Å²) < 4.78 is 0. The molecule has 1 unspecified atom stereocenters. The van der Waals surface area contributed by atoms with Crippen LogP contribution in [0.15, 0.2) is 0 Å². The van der Waals surface area contributed by atoms with Crippen molar-refractivity contribution in [3.8, 4) is 0 Å². The molecule has 2 atom stereocenters. The van der Waals surface area contributed by atoms with Gasteiger partial charge in [-0.25, -0.2) is 0 Å². The Balaban J connectivity index is 1.83. The first kappa shape index (κ1) is 13.1. The van der Waals surface area contributed by atoms with Crippen molar-refractivity contribution in [1.82, 2.24) is 9.80 Å². The standard InChI is InChI=1S/C13H20N2O3/c1-9-3-5-14(8-9)11(16)4-6-15-12(17)7-10(2)13(15)18/h9-10H,3-8H2,1-2H3/t9-,10?/m1/s1. The van der Waals surface area contributed by atoms with E-state index in [1.807, 2.05) is 4.90 Å². The van der Waals surface area contributed by atoms with Crippen molar-refractivity contribution in [2.75, 3.05) is 19.6 Å². The molecule has 0 aromatic rings. The summed E-state index contributed by atoms with van der Waals surface area (Å²) in [6.45, 7) is 5.73. The molecule has 0 radical (unpaired) electrons. The van der Waals surface area contributed by atoms with Crippen LogP contribution in [0.2, 0.25) is 0 Å². The number of hydrogen-bond acceptors (Lipinski definition) is 3. The highest BCUT2D eigenvalue weighted by Crippen LogP contribution is 2.20. The first-order valence-corrected chi connectivity index (χ1v) is 6.61. The number of likely N-dealkylation sites (tertiary alicyclic amines) is 2. The zero-order valence-corrected chi connectivity index (χ0v) is 11.0. The molecule has 2 saturated heterocycles. The number of carbonyl (C=O) groups is 3. The molecule has 2 aliphatic rings. The van der Waals surface area contributed by atoms with Gasteiger partial charge >= 0.3 is 0 Å². The molecule has 3 amide bonds. The first-order valence-electron chi connectivity index (χ1n) is 6.61. The second-order valence-corrected chi connectivity index (χ2v) is 5.47. The molecule has 18 heavy (non-hydrogen) atoms. The molecule has 100 valence electrons. The van der Waals surface area contributed by atoms with Gasteiger partial charge in [-0.2, -0.15) is 0 Å². The Morgan fingerprint density at radius 3 is 2.56 bits per heavy atom. The number of rotatable bonds is 3. The summed E-state index contributed by atoms with van der Waals surface area (Å²) in [6.07, 6.45) is 1.59. The first-order chi connectivity index (χ1) is 8.49. The second kappa shape index (κ2) is 5.08. The van der Waals surface area contributed by atoms with Crippen molar-refractivity contribution in [1.29, 1.82) is 0 Å². The molecular formula is C13H20N2O3. The number of carbonyl (C=O) groups excluding carboxylic acids is 3. The minimum atomic E-state index is -0.223. The quantitative estimate of drug-likeness (QED) is 0.693. The molecule has 0 aromatic carbocycles. The SMILES string of the molecule is CC1CC(=O)N(CCC(=O)N2CC[C@@H](C)C2)C1=O. The van der Waals surface area contributed by atoms with E-state index in [0.717, 1.165) is 19.5 Å². The molecule has 0 aromatic heterocycles. The number of imide groups is 1. The van der Waals surface area contributed by atoms with Gasteiger partial charge in [0.15, 0.2) is 0 Å². The van der Waals surface area contributed by atoms with Crippen LogP contribution >= 0.6 is 0 Å². The third-order valence-corrected chi connectivity index (χ3v) is 3.80. The maximum Gasteiger partial charge on any atom is 0.232 e. The molecule has 5 nitrogen and oxygen atoms in total. The van der Waals surface area contributed by atoms with Gasteiger partial charge in [-0.1, -0.05) is 13.8 Å². The van der Waals surface area contributed by atoms with Crippen molar-refractivity contribution < 1.29 is 14.4 Å². The van der Waals surface area contributed by atoms with E-state index in [9.17, 15) is 14.4 Å². The Labute approximate surface area is 107 Å². The summed E-state index contributed by atoms with van der Waals surface area (Å²) in [5.41, 5.74) is 0. The summed E-state index contributed by atoms with van der Waals surface area (Å²) >= 11 is 0. The van der Waals surface area contributed by atoms with Crippen molar-refractivity contribution >= 4 is 17.7 Å². The average molecular weight is 252 g/mol. The van der Waals surface area contributed by atoms with Crippen molar-refractivity contribution in [3.63, 3.8) is 0 Å². The Kier molecular flexibility index (Phi) is 3.68. The van der Waals surface area contributed by atoms with Crippen LogP contribution in [0.3, 0.4) is 0 Å². The zero-order chi connectivity index (χ0) is 13.3. The summed E-state index contributed by atoms with van der Waals surface area (Å²) in [5.74, 6) is 0.112. The highest BCUT2D eigenvalue weighted by Gasteiger charge is 2.35. The van der Waals surface area contributed by atoms with Gasteiger partial charge in [0.1, 0.15) is 0 Å².